The molecule has 0 bridgehead atoms. The second-order valence-corrected chi connectivity index (χ2v) is 7.76. The molecule has 0 heterocycles. The molecule has 1 rings (SSSR count). The van der Waals surface area contributed by atoms with Gasteiger partial charge in [0.2, 0.25) is 0 Å². The van der Waals surface area contributed by atoms with Gasteiger partial charge in [0.1, 0.15) is 9.84 Å². The predicted octanol–water partition coefficient (Wildman–Crippen LogP) is 2.88. The molecule has 1 atom stereocenters. The standard InChI is InChI=1S/C13H20BrNO2S/c1-4-13(11-5-7-12(14)8-6-11)15(2)9-10-18(3,16)17/h5-8,13H,4,9-10H2,1-3H3/t13-/m1/s1. The van der Waals surface area contributed by atoms with Gasteiger partial charge in [0.25, 0.3) is 0 Å². The van der Waals surface area contributed by atoms with Gasteiger partial charge >= 0.3 is 0 Å². The van der Waals surface area contributed by atoms with Crippen LogP contribution in [0.25, 0.3) is 0 Å². The Bertz CT molecular complexity index is 470. The second kappa shape index (κ2) is 6.68. The topological polar surface area (TPSA) is 37.4 Å². The Morgan fingerprint density at radius 1 is 1.28 bits per heavy atom. The minimum absolute atomic E-state index is 0.205. The lowest BCUT2D eigenvalue weighted by molar-refractivity contribution is 0.252. The first-order valence-corrected chi connectivity index (χ1v) is 8.82. The van der Waals surface area contributed by atoms with E-state index < -0.39 is 9.84 Å². The lowest BCUT2D eigenvalue weighted by Gasteiger charge is -2.27. The molecule has 18 heavy (non-hydrogen) atoms. The largest absolute Gasteiger partial charge is 0.298 e. The molecule has 0 fully saturated rings. The molecule has 0 aliphatic rings. The van der Waals surface area contributed by atoms with Crippen LogP contribution in [-0.2, 0) is 9.84 Å². The molecule has 0 aliphatic heterocycles. The Morgan fingerprint density at radius 2 is 1.83 bits per heavy atom. The maximum atomic E-state index is 11.2. The van der Waals surface area contributed by atoms with Crippen LogP contribution >= 0.6 is 15.9 Å². The quantitative estimate of drug-likeness (QED) is 0.803. The van der Waals surface area contributed by atoms with E-state index in [0.717, 1.165) is 10.9 Å². The summed E-state index contributed by atoms with van der Waals surface area (Å²) in [7, 11) is -0.925. The van der Waals surface area contributed by atoms with Gasteiger partial charge in [-0.3, -0.25) is 4.90 Å². The fourth-order valence-electron chi connectivity index (χ4n) is 1.95. The number of hydrogen-bond acceptors (Lipinski definition) is 3. The van der Waals surface area contributed by atoms with Gasteiger partial charge in [-0.15, -0.1) is 0 Å². The maximum absolute atomic E-state index is 11.2. The fourth-order valence-corrected chi connectivity index (χ4v) is 2.84. The SMILES string of the molecule is CC[C@H](c1ccc(Br)cc1)N(C)CCS(C)(=O)=O. The van der Waals surface area contributed by atoms with Crippen LogP contribution in [0, 0.1) is 0 Å². The summed E-state index contributed by atoms with van der Waals surface area (Å²) >= 11 is 3.42. The number of halogens is 1. The number of hydrogen-bond donors (Lipinski definition) is 0. The molecule has 0 aliphatic carbocycles. The van der Waals surface area contributed by atoms with E-state index in [1.807, 2.05) is 19.2 Å². The minimum Gasteiger partial charge on any atom is -0.298 e. The fraction of sp³-hybridized carbons (Fsp3) is 0.538. The lowest BCUT2D eigenvalue weighted by atomic mass is 10.0. The van der Waals surface area contributed by atoms with Gasteiger partial charge in [-0.05, 0) is 31.2 Å². The molecule has 0 N–H and O–H groups in total. The van der Waals surface area contributed by atoms with Crippen LogP contribution in [0.15, 0.2) is 28.7 Å². The van der Waals surface area contributed by atoms with Crippen molar-refractivity contribution in [1.29, 1.82) is 0 Å². The van der Waals surface area contributed by atoms with Crippen molar-refractivity contribution in [3.8, 4) is 0 Å². The average molecular weight is 334 g/mol. The molecule has 0 radical (unpaired) electrons. The summed E-state index contributed by atoms with van der Waals surface area (Å²) in [4.78, 5) is 2.10. The van der Waals surface area contributed by atoms with Gasteiger partial charge in [0.05, 0.1) is 5.75 Å². The van der Waals surface area contributed by atoms with Gasteiger partial charge in [-0.1, -0.05) is 35.0 Å². The molecular weight excluding hydrogens is 314 g/mol. The summed E-state index contributed by atoms with van der Waals surface area (Å²) in [5.74, 6) is 0.205. The van der Waals surface area contributed by atoms with Gasteiger partial charge in [-0.2, -0.15) is 0 Å². The second-order valence-electron chi connectivity index (χ2n) is 4.59. The van der Waals surface area contributed by atoms with Crippen LogP contribution in [0.2, 0.25) is 0 Å². The van der Waals surface area contributed by atoms with Crippen molar-refractivity contribution in [2.75, 3.05) is 25.6 Å². The molecule has 0 saturated heterocycles. The van der Waals surface area contributed by atoms with E-state index in [0.29, 0.717) is 6.54 Å². The number of sulfone groups is 1. The van der Waals surface area contributed by atoms with Crippen LogP contribution in [0.4, 0.5) is 0 Å². The zero-order valence-corrected chi connectivity index (χ0v) is 13.5. The Balaban J connectivity index is 2.74. The third-order valence-corrected chi connectivity index (χ3v) is 4.44. The van der Waals surface area contributed by atoms with Crippen LogP contribution in [-0.4, -0.2) is 38.9 Å². The van der Waals surface area contributed by atoms with Gasteiger partial charge in [0, 0.05) is 23.3 Å². The van der Waals surface area contributed by atoms with Gasteiger partial charge in [0.15, 0.2) is 0 Å². The first kappa shape index (κ1) is 15.7. The molecule has 5 heteroatoms. The number of benzene rings is 1. The minimum atomic E-state index is -2.90. The van der Waals surface area contributed by atoms with Crippen molar-refractivity contribution in [2.24, 2.45) is 0 Å². The smallest absolute Gasteiger partial charge is 0.148 e. The molecule has 1 aromatic rings. The highest BCUT2D eigenvalue weighted by atomic mass is 79.9. The highest BCUT2D eigenvalue weighted by Gasteiger charge is 2.16. The number of nitrogens with zero attached hydrogens (tertiary/aromatic N) is 1. The van der Waals surface area contributed by atoms with Crippen LogP contribution in [0.3, 0.4) is 0 Å². The summed E-state index contributed by atoms with van der Waals surface area (Å²) < 4.78 is 23.4. The Labute approximate surface area is 118 Å². The van der Waals surface area contributed by atoms with Crippen molar-refractivity contribution >= 4 is 25.8 Å². The van der Waals surface area contributed by atoms with E-state index in [4.69, 9.17) is 0 Å². The summed E-state index contributed by atoms with van der Waals surface area (Å²) in [6, 6.07) is 8.45. The normalized spacial score (nSPS) is 13.8. The average Bonchev–Trinajstić information content (AvgIpc) is 2.29. The van der Waals surface area contributed by atoms with Crippen LogP contribution in [0.1, 0.15) is 24.9 Å². The molecule has 0 unspecified atom stereocenters. The first-order valence-electron chi connectivity index (χ1n) is 5.97. The van der Waals surface area contributed by atoms with Crippen molar-refractivity contribution in [2.45, 2.75) is 19.4 Å². The highest BCUT2D eigenvalue weighted by Crippen LogP contribution is 2.24. The van der Waals surface area contributed by atoms with E-state index in [2.05, 4.69) is 39.9 Å². The third kappa shape index (κ3) is 5.08. The summed E-state index contributed by atoms with van der Waals surface area (Å²) in [5, 5.41) is 0. The van der Waals surface area contributed by atoms with E-state index in [9.17, 15) is 8.42 Å². The monoisotopic (exact) mass is 333 g/mol. The van der Waals surface area contributed by atoms with Gasteiger partial charge in [-0.25, -0.2) is 8.42 Å². The van der Waals surface area contributed by atoms with E-state index >= 15 is 0 Å². The van der Waals surface area contributed by atoms with Gasteiger partial charge < -0.3 is 0 Å². The third-order valence-electron chi connectivity index (χ3n) is 2.99. The molecular formula is C13H20BrNO2S. The molecule has 0 saturated carbocycles. The summed E-state index contributed by atoms with van der Waals surface area (Å²) in [6.07, 6.45) is 2.24. The lowest BCUT2D eigenvalue weighted by Crippen LogP contribution is -2.29. The molecule has 3 nitrogen and oxygen atoms in total. The Morgan fingerprint density at radius 3 is 2.28 bits per heavy atom. The Hall–Kier alpha value is -0.390. The zero-order chi connectivity index (χ0) is 13.8. The van der Waals surface area contributed by atoms with E-state index in [1.165, 1.54) is 11.8 Å². The van der Waals surface area contributed by atoms with E-state index in [1.54, 1.807) is 0 Å². The zero-order valence-electron chi connectivity index (χ0n) is 11.1. The van der Waals surface area contributed by atoms with Crippen molar-refractivity contribution in [1.82, 2.24) is 4.90 Å². The molecule has 1 aromatic carbocycles. The van der Waals surface area contributed by atoms with Crippen molar-refractivity contribution in [3.05, 3.63) is 34.3 Å². The summed E-state index contributed by atoms with van der Waals surface area (Å²) in [6.45, 7) is 2.68. The van der Waals surface area contributed by atoms with Crippen molar-refractivity contribution in [3.63, 3.8) is 0 Å². The first-order chi connectivity index (χ1) is 8.33. The van der Waals surface area contributed by atoms with Crippen LogP contribution < -0.4 is 0 Å². The molecule has 0 spiro atoms. The number of rotatable bonds is 6. The summed E-state index contributed by atoms with van der Waals surface area (Å²) in [5.41, 5.74) is 1.22. The van der Waals surface area contributed by atoms with Crippen molar-refractivity contribution < 1.29 is 8.42 Å². The maximum Gasteiger partial charge on any atom is 0.148 e. The van der Waals surface area contributed by atoms with Crippen LogP contribution in [0.5, 0.6) is 0 Å². The highest BCUT2D eigenvalue weighted by molar-refractivity contribution is 9.10. The van der Waals surface area contributed by atoms with E-state index in [-0.39, 0.29) is 11.8 Å². The predicted molar refractivity (Wildman–Crippen MR) is 79.5 cm³/mol. The molecule has 0 aromatic heterocycles. The molecule has 0 amide bonds. The Kier molecular flexibility index (Phi) is 5.82. The molecule has 102 valence electrons.